The molecule has 70 valence electrons. The van der Waals surface area contributed by atoms with Gasteiger partial charge in [-0.15, -0.1) is 0 Å². The molecule has 1 atom stereocenters. The van der Waals surface area contributed by atoms with E-state index in [1.807, 2.05) is 27.7 Å². The van der Waals surface area contributed by atoms with Crippen molar-refractivity contribution in [1.82, 2.24) is 0 Å². The predicted octanol–water partition coefficient (Wildman–Crippen LogP) is 2.40. The quantitative estimate of drug-likeness (QED) is 0.419. The van der Waals surface area contributed by atoms with Gasteiger partial charge in [-0.25, -0.2) is 0 Å². The van der Waals surface area contributed by atoms with E-state index in [-0.39, 0.29) is 17.0 Å². The summed E-state index contributed by atoms with van der Waals surface area (Å²) in [5.74, 6) is 0.257. The Morgan fingerprint density at radius 3 is 2.08 bits per heavy atom. The number of halogens is 1. The normalized spacial score (nSPS) is 31.8. The van der Waals surface area contributed by atoms with E-state index in [0.29, 0.717) is 5.92 Å². The molecule has 0 N–H and O–H groups in total. The zero-order valence-electron chi connectivity index (χ0n) is 7.98. The molecule has 0 aromatic carbocycles. The molecule has 0 saturated carbocycles. The average Bonchev–Trinajstić information content (AvgIpc) is 1.99. The summed E-state index contributed by atoms with van der Waals surface area (Å²) in [6.45, 7) is 7.91. The Labute approximate surface area is 87.2 Å². The molecule has 0 radical (unpaired) electrons. The summed E-state index contributed by atoms with van der Waals surface area (Å²) < 4.78 is 6.29. The highest BCUT2D eigenvalue weighted by Crippen LogP contribution is 2.46. The van der Waals surface area contributed by atoms with Gasteiger partial charge >= 0.3 is 5.97 Å². The molecule has 1 aliphatic rings. The molecule has 0 bridgehead atoms. The molecule has 0 aromatic rings. The zero-order chi connectivity index (χ0) is 9.57. The van der Waals surface area contributed by atoms with Crippen LogP contribution in [-0.2, 0) is 9.53 Å². The summed E-state index contributed by atoms with van der Waals surface area (Å²) in [5.41, 5.74) is -0.605. The summed E-state index contributed by atoms with van der Waals surface area (Å²) >= 11 is 2.32. The molecule has 1 fully saturated rings. The number of carbonyl (C=O) groups excluding carboxylic acids is 1. The van der Waals surface area contributed by atoms with Crippen LogP contribution < -0.4 is 0 Å². The number of carbonyl (C=O) groups is 1. The van der Waals surface area contributed by atoms with E-state index in [1.54, 1.807) is 0 Å². The highest BCUT2D eigenvalue weighted by molar-refractivity contribution is 14.1. The number of ether oxygens (including phenoxy) is 1. The van der Waals surface area contributed by atoms with Crippen molar-refractivity contribution in [3.05, 3.63) is 0 Å². The van der Waals surface area contributed by atoms with Crippen molar-refractivity contribution in [3.63, 3.8) is 0 Å². The van der Waals surface area contributed by atoms with Crippen molar-refractivity contribution in [2.45, 2.75) is 33.3 Å². The first-order valence-corrected chi connectivity index (χ1v) is 5.64. The third kappa shape index (κ3) is 1.36. The smallest absolute Gasteiger partial charge is 0.312 e. The molecule has 1 saturated heterocycles. The van der Waals surface area contributed by atoms with Crippen molar-refractivity contribution in [3.8, 4) is 0 Å². The van der Waals surface area contributed by atoms with Gasteiger partial charge in [0.25, 0.3) is 0 Å². The maximum atomic E-state index is 11.5. The fraction of sp³-hybridized carbons (Fsp3) is 0.889. The van der Waals surface area contributed by atoms with Gasteiger partial charge in [0.2, 0.25) is 0 Å². The lowest BCUT2D eigenvalue weighted by Crippen LogP contribution is -2.35. The van der Waals surface area contributed by atoms with E-state index in [9.17, 15) is 4.79 Å². The lowest BCUT2D eigenvalue weighted by molar-refractivity contribution is -0.151. The fourth-order valence-corrected chi connectivity index (χ4v) is 3.99. The number of rotatable bonds is 1. The maximum Gasteiger partial charge on any atom is 0.312 e. The topological polar surface area (TPSA) is 26.3 Å². The largest absolute Gasteiger partial charge is 0.459 e. The first-order chi connectivity index (χ1) is 5.32. The molecule has 0 aliphatic carbocycles. The predicted molar refractivity (Wildman–Crippen MR) is 56.3 cm³/mol. The number of hydrogen-bond donors (Lipinski definition) is 0. The second-order valence-corrected chi connectivity index (χ2v) is 5.30. The molecule has 0 aromatic heterocycles. The summed E-state index contributed by atoms with van der Waals surface area (Å²) in [7, 11) is 0. The zero-order valence-corrected chi connectivity index (χ0v) is 10.1. The molecular weight excluding hydrogens is 267 g/mol. The van der Waals surface area contributed by atoms with Crippen molar-refractivity contribution in [1.29, 1.82) is 0 Å². The molecule has 0 unspecified atom stereocenters. The maximum absolute atomic E-state index is 11.5. The van der Waals surface area contributed by atoms with Gasteiger partial charge in [0.1, 0.15) is 5.60 Å². The Morgan fingerprint density at radius 1 is 1.42 bits per heavy atom. The Bertz CT molecular complexity index is 209. The lowest BCUT2D eigenvalue weighted by Gasteiger charge is -2.28. The Morgan fingerprint density at radius 2 is 1.92 bits per heavy atom. The van der Waals surface area contributed by atoms with Crippen molar-refractivity contribution >= 4 is 28.6 Å². The van der Waals surface area contributed by atoms with Crippen LogP contribution in [0.1, 0.15) is 27.7 Å². The molecule has 1 aliphatic heterocycles. The van der Waals surface area contributed by atoms with Gasteiger partial charge in [0, 0.05) is 10.3 Å². The van der Waals surface area contributed by atoms with E-state index in [4.69, 9.17) is 4.74 Å². The molecule has 1 rings (SSSR count). The first-order valence-electron chi connectivity index (χ1n) is 4.12. The molecule has 0 spiro atoms. The van der Waals surface area contributed by atoms with Gasteiger partial charge in [-0.1, -0.05) is 22.6 Å². The molecular formula is C9H15IO2. The minimum Gasteiger partial charge on any atom is -0.459 e. The van der Waals surface area contributed by atoms with Crippen LogP contribution in [0.3, 0.4) is 0 Å². The highest BCUT2D eigenvalue weighted by Gasteiger charge is 2.54. The SMILES string of the molecule is CC1(C)OC(=O)C(C)(C)[C@H]1CI. The summed E-state index contributed by atoms with van der Waals surface area (Å²) in [6.07, 6.45) is 0. The second kappa shape index (κ2) is 2.86. The van der Waals surface area contributed by atoms with Crippen LogP contribution in [-0.4, -0.2) is 16.0 Å². The molecule has 12 heavy (non-hydrogen) atoms. The van der Waals surface area contributed by atoms with E-state index in [0.717, 1.165) is 4.43 Å². The van der Waals surface area contributed by atoms with Gasteiger partial charge in [0.15, 0.2) is 0 Å². The van der Waals surface area contributed by atoms with Crippen LogP contribution in [0.4, 0.5) is 0 Å². The van der Waals surface area contributed by atoms with Crippen molar-refractivity contribution < 1.29 is 9.53 Å². The Kier molecular flexibility index (Phi) is 2.45. The minimum atomic E-state index is -0.315. The molecule has 2 nitrogen and oxygen atoms in total. The minimum absolute atomic E-state index is 0.0610. The molecule has 3 heteroatoms. The number of esters is 1. The van der Waals surface area contributed by atoms with E-state index < -0.39 is 0 Å². The Hall–Kier alpha value is 0.200. The van der Waals surface area contributed by atoms with Gasteiger partial charge in [-0.3, -0.25) is 4.79 Å². The summed E-state index contributed by atoms with van der Waals surface area (Å²) in [5, 5.41) is 0. The molecule has 0 amide bonds. The van der Waals surface area contributed by atoms with Crippen molar-refractivity contribution in [2.24, 2.45) is 11.3 Å². The van der Waals surface area contributed by atoms with Crippen LogP contribution in [0.2, 0.25) is 0 Å². The van der Waals surface area contributed by atoms with Crippen LogP contribution in [0.25, 0.3) is 0 Å². The van der Waals surface area contributed by atoms with Crippen LogP contribution in [0, 0.1) is 11.3 Å². The first kappa shape index (κ1) is 10.3. The highest BCUT2D eigenvalue weighted by atomic mass is 127. The monoisotopic (exact) mass is 282 g/mol. The third-order valence-electron chi connectivity index (χ3n) is 2.75. The second-order valence-electron chi connectivity index (χ2n) is 4.42. The van der Waals surface area contributed by atoms with Crippen LogP contribution >= 0.6 is 22.6 Å². The average molecular weight is 282 g/mol. The summed E-state index contributed by atoms with van der Waals surface area (Å²) in [4.78, 5) is 11.5. The standard InChI is InChI=1S/C9H15IO2/c1-8(2)6(5-10)9(3,4)12-7(8)11/h6H,5H2,1-4H3/t6-/m1/s1. The third-order valence-corrected chi connectivity index (χ3v) is 3.63. The van der Waals surface area contributed by atoms with Gasteiger partial charge in [0.05, 0.1) is 5.41 Å². The number of cyclic esters (lactones) is 1. The van der Waals surface area contributed by atoms with Gasteiger partial charge in [-0.05, 0) is 27.7 Å². The van der Waals surface area contributed by atoms with E-state index >= 15 is 0 Å². The van der Waals surface area contributed by atoms with E-state index in [2.05, 4.69) is 22.6 Å². The van der Waals surface area contributed by atoms with Crippen LogP contribution in [0.5, 0.6) is 0 Å². The lowest BCUT2D eigenvalue weighted by atomic mass is 9.75. The van der Waals surface area contributed by atoms with Crippen LogP contribution in [0.15, 0.2) is 0 Å². The Balaban J connectivity index is 3.00. The van der Waals surface area contributed by atoms with Gasteiger partial charge in [-0.2, -0.15) is 0 Å². The fourth-order valence-electron chi connectivity index (χ4n) is 1.83. The van der Waals surface area contributed by atoms with E-state index in [1.165, 1.54) is 0 Å². The summed E-state index contributed by atoms with van der Waals surface area (Å²) in [6, 6.07) is 0. The number of alkyl halides is 1. The van der Waals surface area contributed by atoms with Gasteiger partial charge < -0.3 is 4.74 Å². The number of hydrogen-bond acceptors (Lipinski definition) is 2. The van der Waals surface area contributed by atoms with Crippen molar-refractivity contribution in [2.75, 3.05) is 4.43 Å². The molecule has 1 heterocycles.